The third kappa shape index (κ3) is 5.44. The van der Waals surface area contributed by atoms with Gasteiger partial charge in [-0.2, -0.15) is 18.4 Å². The zero-order valence-corrected chi connectivity index (χ0v) is 26.2. The van der Waals surface area contributed by atoms with Crippen LogP contribution >= 0.6 is 0 Å². The van der Waals surface area contributed by atoms with Crippen LogP contribution in [0.3, 0.4) is 0 Å². The Morgan fingerprint density at radius 3 is 2.45 bits per heavy atom. The smallest absolute Gasteiger partial charge is 0.353 e. The molecule has 2 N–H and O–H groups in total. The van der Waals surface area contributed by atoms with Crippen molar-refractivity contribution in [3.8, 4) is 34.4 Å². The van der Waals surface area contributed by atoms with Gasteiger partial charge in [-0.3, -0.25) is 9.36 Å². The standard InChI is InChI=1S/C36H34F3N7O/c1-35(10-3-11-35)41-17-24-15-26-28(21-5-6-21)18-46(34(47)32(26)42-24)31-14-23(13-29(43-31)22-7-8-22)25-9-4-20(16-40)12-27(25)33-44-30(19-45(33)2)36(37,38)39/h4,9,12-15,18-19,21-22,41-42H,3,5-8,10-11,17H2,1-2H3. The Hall–Kier alpha value is -4.69. The molecule has 8 nitrogen and oxygen atoms in total. The number of aromatic nitrogens is 5. The number of aryl methyl sites for hydroxylation is 1. The minimum absolute atomic E-state index is 0.0913. The van der Waals surface area contributed by atoms with E-state index >= 15 is 0 Å². The number of pyridine rings is 2. The van der Waals surface area contributed by atoms with Gasteiger partial charge in [0.15, 0.2) is 5.69 Å². The summed E-state index contributed by atoms with van der Waals surface area (Å²) in [5.41, 5.74) is 4.39. The molecule has 4 aromatic heterocycles. The number of fused-ring (bicyclic) bond motifs is 1. The highest BCUT2D eigenvalue weighted by Crippen LogP contribution is 2.44. The maximum atomic E-state index is 14.2. The van der Waals surface area contributed by atoms with Gasteiger partial charge in [0.1, 0.15) is 17.2 Å². The van der Waals surface area contributed by atoms with Crippen LogP contribution in [-0.2, 0) is 19.8 Å². The number of halogens is 3. The fraction of sp³-hybridized carbons (Fsp3) is 0.389. The second-order valence-corrected chi connectivity index (χ2v) is 13.7. The maximum Gasteiger partial charge on any atom is 0.434 e. The second-order valence-electron chi connectivity index (χ2n) is 13.7. The number of imidazole rings is 1. The molecule has 8 rings (SSSR count). The van der Waals surface area contributed by atoms with Gasteiger partial charge in [0.25, 0.3) is 5.56 Å². The van der Waals surface area contributed by atoms with Crippen molar-refractivity contribution in [1.29, 1.82) is 5.26 Å². The van der Waals surface area contributed by atoms with Gasteiger partial charge in [0.2, 0.25) is 0 Å². The van der Waals surface area contributed by atoms with Gasteiger partial charge in [-0.1, -0.05) is 6.07 Å². The van der Waals surface area contributed by atoms with Crippen LogP contribution in [0.5, 0.6) is 0 Å². The van der Waals surface area contributed by atoms with Crippen LogP contribution < -0.4 is 10.9 Å². The van der Waals surface area contributed by atoms with Gasteiger partial charge in [0.05, 0.1) is 11.6 Å². The Labute approximate surface area is 269 Å². The van der Waals surface area contributed by atoms with E-state index in [1.54, 1.807) is 22.8 Å². The summed E-state index contributed by atoms with van der Waals surface area (Å²) in [6.45, 7) is 2.89. The summed E-state index contributed by atoms with van der Waals surface area (Å²) in [7, 11) is 1.51. The van der Waals surface area contributed by atoms with Crippen LogP contribution in [0.15, 0.2) is 53.6 Å². The van der Waals surface area contributed by atoms with E-state index in [0.717, 1.165) is 67.1 Å². The van der Waals surface area contributed by atoms with Crippen molar-refractivity contribution in [2.45, 2.75) is 82.0 Å². The highest BCUT2D eigenvalue weighted by Gasteiger charge is 2.35. The van der Waals surface area contributed by atoms with Gasteiger partial charge in [-0.25, -0.2) is 9.97 Å². The number of H-pyrrole nitrogens is 1. The van der Waals surface area contributed by atoms with Gasteiger partial charge in [0, 0.05) is 59.8 Å². The lowest BCUT2D eigenvalue weighted by molar-refractivity contribution is -0.140. The van der Waals surface area contributed by atoms with Crippen LogP contribution in [0.25, 0.3) is 39.2 Å². The lowest BCUT2D eigenvalue weighted by atomic mass is 9.78. The van der Waals surface area contributed by atoms with Gasteiger partial charge < -0.3 is 14.9 Å². The van der Waals surface area contributed by atoms with Gasteiger partial charge in [-0.15, -0.1) is 0 Å². The predicted molar refractivity (Wildman–Crippen MR) is 172 cm³/mol. The number of benzene rings is 1. The Morgan fingerprint density at radius 2 is 1.81 bits per heavy atom. The van der Waals surface area contributed by atoms with E-state index in [0.29, 0.717) is 46.1 Å². The van der Waals surface area contributed by atoms with Crippen molar-refractivity contribution in [2.24, 2.45) is 7.05 Å². The van der Waals surface area contributed by atoms with Crippen LogP contribution in [0, 0.1) is 11.3 Å². The lowest BCUT2D eigenvalue weighted by Crippen LogP contribution is -2.47. The van der Waals surface area contributed by atoms with Crippen LogP contribution in [-0.4, -0.2) is 29.6 Å². The normalized spacial score (nSPS) is 17.5. The Kier molecular flexibility index (Phi) is 6.74. The quantitative estimate of drug-likeness (QED) is 0.184. The summed E-state index contributed by atoms with van der Waals surface area (Å²) < 4.78 is 43.9. The van der Waals surface area contributed by atoms with Crippen molar-refractivity contribution >= 4 is 10.9 Å². The first-order valence-electron chi connectivity index (χ1n) is 16.2. The second kappa shape index (κ2) is 10.7. The molecule has 1 aromatic carbocycles. The molecule has 3 aliphatic rings. The van der Waals surface area contributed by atoms with E-state index in [-0.39, 0.29) is 22.8 Å². The summed E-state index contributed by atoms with van der Waals surface area (Å²) in [5.74, 6) is 1.15. The summed E-state index contributed by atoms with van der Waals surface area (Å²) in [6, 6.07) is 12.9. The van der Waals surface area contributed by atoms with Crippen molar-refractivity contribution in [3.63, 3.8) is 0 Å². The van der Waals surface area contributed by atoms with Crippen LogP contribution in [0.4, 0.5) is 13.2 Å². The molecular formula is C36H34F3N7O. The number of rotatable bonds is 8. The van der Waals surface area contributed by atoms with E-state index in [1.165, 1.54) is 18.0 Å². The number of nitriles is 1. The zero-order chi connectivity index (χ0) is 32.7. The van der Waals surface area contributed by atoms with Crippen LogP contribution in [0.1, 0.15) is 91.9 Å². The largest absolute Gasteiger partial charge is 0.434 e. The molecule has 47 heavy (non-hydrogen) atoms. The van der Waals surface area contributed by atoms with Crippen molar-refractivity contribution < 1.29 is 13.2 Å². The fourth-order valence-electron chi connectivity index (χ4n) is 6.78. The number of nitrogens with one attached hydrogen (secondary N) is 2. The Morgan fingerprint density at radius 1 is 1.04 bits per heavy atom. The third-order valence-corrected chi connectivity index (χ3v) is 10.0. The first-order valence-corrected chi connectivity index (χ1v) is 16.2. The molecule has 0 saturated heterocycles. The van der Waals surface area contributed by atoms with Gasteiger partial charge >= 0.3 is 6.18 Å². The molecule has 0 unspecified atom stereocenters. The van der Waals surface area contributed by atoms with E-state index in [9.17, 15) is 23.2 Å². The topological polar surface area (TPSA) is 104 Å². The van der Waals surface area contributed by atoms with Crippen LogP contribution in [0.2, 0.25) is 0 Å². The van der Waals surface area contributed by atoms with Crippen molar-refractivity contribution in [2.75, 3.05) is 0 Å². The zero-order valence-electron chi connectivity index (χ0n) is 26.2. The molecular weight excluding hydrogens is 603 g/mol. The molecule has 5 aromatic rings. The van der Waals surface area contributed by atoms with E-state index < -0.39 is 11.9 Å². The maximum absolute atomic E-state index is 14.2. The molecule has 0 atom stereocenters. The molecule has 3 aliphatic carbocycles. The number of alkyl halides is 3. The molecule has 3 fully saturated rings. The van der Waals surface area contributed by atoms with Crippen molar-refractivity contribution in [1.82, 2.24) is 29.4 Å². The van der Waals surface area contributed by atoms with Gasteiger partial charge in [-0.05, 0) is 105 Å². The Balaban J connectivity index is 1.27. The molecule has 0 amide bonds. The number of aromatic amines is 1. The first kappa shape index (κ1) is 29.7. The lowest BCUT2D eigenvalue weighted by Gasteiger charge is -2.39. The van der Waals surface area contributed by atoms with E-state index in [1.807, 2.05) is 18.3 Å². The molecule has 0 aliphatic heterocycles. The molecule has 0 spiro atoms. The van der Waals surface area contributed by atoms with E-state index in [2.05, 4.69) is 34.3 Å². The molecule has 3 saturated carbocycles. The molecule has 0 radical (unpaired) electrons. The molecule has 4 heterocycles. The minimum Gasteiger partial charge on any atom is -0.353 e. The fourth-order valence-corrected chi connectivity index (χ4v) is 6.78. The summed E-state index contributed by atoms with van der Waals surface area (Å²) >= 11 is 0. The average Bonchev–Trinajstić information content (AvgIpc) is 3.97. The third-order valence-electron chi connectivity index (χ3n) is 10.0. The average molecular weight is 638 g/mol. The Bertz CT molecular complexity index is 2150. The molecule has 240 valence electrons. The number of hydrogen-bond donors (Lipinski definition) is 2. The first-order chi connectivity index (χ1) is 22.5. The number of nitrogens with zero attached hydrogens (tertiary/aromatic N) is 5. The predicted octanol–water partition coefficient (Wildman–Crippen LogP) is 7.46. The highest BCUT2D eigenvalue weighted by atomic mass is 19.4. The minimum atomic E-state index is -4.62. The SMILES string of the molecule is Cn1cc(C(F)(F)F)nc1-c1cc(C#N)ccc1-c1cc(C2CC2)nc(-n2cc(C3CC3)c3cc(CNC4(C)CCC4)[nH]c3c2=O)c1. The van der Waals surface area contributed by atoms with Crippen molar-refractivity contribution in [3.05, 3.63) is 87.4 Å². The summed E-state index contributed by atoms with van der Waals surface area (Å²) in [4.78, 5) is 26.5. The monoisotopic (exact) mass is 637 g/mol. The van der Waals surface area contributed by atoms with E-state index in [4.69, 9.17) is 4.98 Å². The highest BCUT2D eigenvalue weighted by molar-refractivity contribution is 5.85. The molecule has 11 heteroatoms. The molecule has 0 bridgehead atoms. The summed E-state index contributed by atoms with van der Waals surface area (Å²) in [6.07, 6.45) is 5.83. The summed E-state index contributed by atoms with van der Waals surface area (Å²) in [5, 5.41) is 14.3. The number of hydrogen-bond acceptors (Lipinski definition) is 5.